The summed E-state index contributed by atoms with van der Waals surface area (Å²) in [5.41, 5.74) is 10.6. The molecule has 0 aromatic carbocycles. The number of furan rings is 1. The van der Waals surface area contributed by atoms with Crippen LogP contribution in [0.25, 0.3) is 0 Å². The summed E-state index contributed by atoms with van der Waals surface area (Å²) in [5, 5.41) is 0. The minimum absolute atomic E-state index is 0.261. The molecule has 0 saturated carbocycles. The van der Waals surface area contributed by atoms with Crippen molar-refractivity contribution in [3.05, 3.63) is 23.7 Å². The molecular weight excluding hydrogens is 180 g/mol. The molecule has 1 atom stereocenters. The van der Waals surface area contributed by atoms with Gasteiger partial charge in [0.1, 0.15) is 11.5 Å². The predicted molar refractivity (Wildman–Crippen MR) is 53.5 cm³/mol. The maximum atomic E-state index is 10.9. The van der Waals surface area contributed by atoms with Crippen LogP contribution in [0.3, 0.4) is 0 Å². The number of carbonyl (C=O) groups is 1. The van der Waals surface area contributed by atoms with E-state index in [4.69, 9.17) is 15.9 Å². The molecular formula is C10H16N2O2. The monoisotopic (exact) mass is 196 g/mol. The fourth-order valence-corrected chi connectivity index (χ4v) is 1.26. The lowest BCUT2D eigenvalue weighted by atomic mass is 10.0. The SMILES string of the molecule is CCc1ccc(CC(CN)C(N)=O)o1. The molecule has 1 aromatic rings. The van der Waals surface area contributed by atoms with Crippen molar-refractivity contribution in [1.29, 1.82) is 0 Å². The first-order valence-corrected chi connectivity index (χ1v) is 4.74. The van der Waals surface area contributed by atoms with Crippen molar-refractivity contribution in [2.75, 3.05) is 6.54 Å². The second kappa shape index (κ2) is 4.81. The van der Waals surface area contributed by atoms with E-state index in [2.05, 4.69) is 0 Å². The summed E-state index contributed by atoms with van der Waals surface area (Å²) in [5.74, 6) is 0.990. The Balaban J connectivity index is 2.62. The largest absolute Gasteiger partial charge is 0.466 e. The Labute approximate surface area is 83.3 Å². The molecule has 1 aromatic heterocycles. The fourth-order valence-electron chi connectivity index (χ4n) is 1.26. The minimum atomic E-state index is -0.373. The number of primary amides is 1. The molecule has 1 unspecified atom stereocenters. The van der Waals surface area contributed by atoms with E-state index in [1.807, 2.05) is 19.1 Å². The second-order valence-electron chi connectivity index (χ2n) is 3.26. The van der Waals surface area contributed by atoms with Crippen LogP contribution in [-0.2, 0) is 17.6 Å². The number of aryl methyl sites for hydroxylation is 1. The molecule has 14 heavy (non-hydrogen) atoms. The summed E-state index contributed by atoms with van der Waals surface area (Å²) in [7, 11) is 0. The van der Waals surface area contributed by atoms with E-state index in [1.165, 1.54) is 0 Å². The number of hydrogen-bond acceptors (Lipinski definition) is 3. The zero-order valence-electron chi connectivity index (χ0n) is 8.32. The van der Waals surface area contributed by atoms with Gasteiger partial charge in [-0.2, -0.15) is 0 Å². The van der Waals surface area contributed by atoms with E-state index in [9.17, 15) is 4.79 Å². The van der Waals surface area contributed by atoms with Gasteiger partial charge in [-0.15, -0.1) is 0 Å². The van der Waals surface area contributed by atoms with Crippen LogP contribution < -0.4 is 11.5 Å². The average Bonchev–Trinajstić information content (AvgIpc) is 2.61. The first-order valence-electron chi connectivity index (χ1n) is 4.74. The molecule has 4 N–H and O–H groups in total. The highest BCUT2D eigenvalue weighted by Gasteiger charge is 2.15. The zero-order chi connectivity index (χ0) is 10.6. The van der Waals surface area contributed by atoms with Crippen molar-refractivity contribution in [1.82, 2.24) is 0 Å². The molecule has 0 radical (unpaired) electrons. The minimum Gasteiger partial charge on any atom is -0.466 e. The maximum Gasteiger partial charge on any atom is 0.222 e. The number of nitrogens with two attached hydrogens (primary N) is 2. The Bertz CT molecular complexity index is 307. The highest BCUT2D eigenvalue weighted by Crippen LogP contribution is 2.12. The van der Waals surface area contributed by atoms with Crippen LogP contribution in [0.15, 0.2) is 16.5 Å². The van der Waals surface area contributed by atoms with Gasteiger partial charge in [0.2, 0.25) is 5.91 Å². The molecule has 0 bridgehead atoms. The molecule has 0 aliphatic carbocycles. The van der Waals surface area contributed by atoms with Crippen LogP contribution in [-0.4, -0.2) is 12.5 Å². The van der Waals surface area contributed by atoms with Crippen molar-refractivity contribution in [3.8, 4) is 0 Å². The van der Waals surface area contributed by atoms with Gasteiger partial charge < -0.3 is 15.9 Å². The Morgan fingerprint density at radius 2 is 2.14 bits per heavy atom. The standard InChI is InChI=1S/C10H16N2O2/c1-2-8-3-4-9(14-8)5-7(6-11)10(12)13/h3-4,7H,2,5-6,11H2,1H3,(H2,12,13). The van der Waals surface area contributed by atoms with Crippen molar-refractivity contribution >= 4 is 5.91 Å². The quantitative estimate of drug-likeness (QED) is 0.717. The van der Waals surface area contributed by atoms with Crippen LogP contribution in [0.5, 0.6) is 0 Å². The number of rotatable bonds is 5. The van der Waals surface area contributed by atoms with E-state index in [0.29, 0.717) is 6.42 Å². The summed E-state index contributed by atoms with van der Waals surface area (Å²) in [6.07, 6.45) is 1.34. The Hall–Kier alpha value is -1.29. The van der Waals surface area contributed by atoms with Gasteiger partial charge in [0, 0.05) is 19.4 Å². The summed E-state index contributed by atoms with van der Waals surface area (Å²) >= 11 is 0. The molecule has 78 valence electrons. The molecule has 4 heteroatoms. The second-order valence-corrected chi connectivity index (χ2v) is 3.26. The van der Waals surface area contributed by atoms with Gasteiger partial charge in [-0.1, -0.05) is 6.92 Å². The Morgan fingerprint density at radius 3 is 2.57 bits per heavy atom. The number of carbonyl (C=O) groups excluding carboxylic acids is 1. The van der Waals surface area contributed by atoms with Gasteiger partial charge in [0.25, 0.3) is 0 Å². The lowest BCUT2D eigenvalue weighted by Crippen LogP contribution is -2.31. The smallest absolute Gasteiger partial charge is 0.222 e. The fraction of sp³-hybridized carbons (Fsp3) is 0.500. The van der Waals surface area contributed by atoms with E-state index < -0.39 is 0 Å². The van der Waals surface area contributed by atoms with Gasteiger partial charge in [-0.3, -0.25) is 4.79 Å². The van der Waals surface area contributed by atoms with Crippen LogP contribution >= 0.6 is 0 Å². The van der Waals surface area contributed by atoms with Gasteiger partial charge >= 0.3 is 0 Å². The third-order valence-electron chi connectivity index (χ3n) is 2.20. The van der Waals surface area contributed by atoms with Gasteiger partial charge in [-0.25, -0.2) is 0 Å². The molecule has 0 spiro atoms. The highest BCUT2D eigenvalue weighted by atomic mass is 16.3. The van der Waals surface area contributed by atoms with E-state index in [0.717, 1.165) is 17.9 Å². The van der Waals surface area contributed by atoms with Crippen molar-refractivity contribution in [2.24, 2.45) is 17.4 Å². The first kappa shape index (κ1) is 10.8. The molecule has 0 aliphatic rings. The van der Waals surface area contributed by atoms with Gasteiger partial charge in [-0.05, 0) is 12.1 Å². The van der Waals surface area contributed by atoms with Crippen molar-refractivity contribution < 1.29 is 9.21 Å². The Kier molecular flexibility index (Phi) is 3.71. The predicted octanol–water partition coefficient (Wildman–Crippen LogP) is 0.445. The summed E-state index contributed by atoms with van der Waals surface area (Å²) in [4.78, 5) is 10.9. The molecule has 1 heterocycles. The van der Waals surface area contributed by atoms with Crippen molar-refractivity contribution in [2.45, 2.75) is 19.8 Å². The summed E-state index contributed by atoms with van der Waals surface area (Å²) in [6, 6.07) is 3.77. The zero-order valence-corrected chi connectivity index (χ0v) is 8.32. The van der Waals surface area contributed by atoms with Crippen LogP contribution in [0.4, 0.5) is 0 Å². The summed E-state index contributed by atoms with van der Waals surface area (Å²) < 4.78 is 5.45. The normalized spacial score (nSPS) is 12.7. The van der Waals surface area contributed by atoms with E-state index in [1.54, 1.807) is 0 Å². The topological polar surface area (TPSA) is 82.2 Å². The Morgan fingerprint density at radius 1 is 1.50 bits per heavy atom. The molecule has 0 aliphatic heterocycles. The molecule has 1 amide bonds. The average molecular weight is 196 g/mol. The first-order chi connectivity index (χ1) is 6.67. The molecule has 0 saturated heterocycles. The van der Waals surface area contributed by atoms with Crippen molar-refractivity contribution in [3.63, 3.8) is 0 Å². The lowest BCUT2D eigenvalue weighted by molar-refractivity contribution is -0.121. The highest BCUT2D eigenvalue weighted by molar-refractivity contribution is 5.77. The van der Waals surface area contributed by atoms with Crippen LogP contribution in [0, 0.1) is 5.92 Å². The summed E-state index contributed by atoms with van der Waals surface area (Å²) in [6.45, 7) is 2.27. The number of amides is 1. The molecule has 0 fully saturated rings. The number of hydrogen-bond donors (Lipinski definition) is 2. The molecule has 4 nitrogen and oxygen atoms in total. The van der Waals surface area contributed by atoms with Crippen LogP contribution in [0.1, 0.15) is 18.4 Å². The third kappa shape index (κ3) is 2.60. The lowest BCUT2D eigenvalue weighted by Gasteiger charge is -2.07. The van der Waals surface area contributed by atoms with Gasteiger partial charge in [0.05, 0.1) is 5.92 Å². The third-order valence-corrected chi connectivity index (χ3v) is 2.20. The van der Waals surface area contributed by atoms with E-state index in [-0.39, 0.29) is 18.4 Å². The maximum absolute atomic E-state index is 10.9. The van der Waals surface area contributed by atoms with Gasteiger partial charge in [0.15, 0.2) is 0 Å². The van der Waals surface area contributed by atoms with E-state index >= 15 is 0 Å². The molecule has 1 rings (SSSR count). The van der Waals surface area contributed by atoms with Crippen LogP contribution in [0.2, 0.25) is 0 Å².